The predicted molar refractivity (Wildman–Crippen MR) is 131 cm³/mol. The molecule has 3 rings (SSSR count). The van der Waals surface area contributed by atoms with Gasteiger partial charge in [-0.15, -0.1) is 11.8 Å². The first-order valence-corrected chi connectivity index (χ1v) is 13.5. The van der Waals surface area contributed by atoms with Crippen LogP contribution < -0.4 is 4.90 Å². The first-order chi connectivity index (χ1) is 14.5. The fraction of sp³-hybridized carbons (Fsp3) is 0.520. The highest BCUT2D eigenvalue weighted by Crippen LogP contribution is 2.46. The molecule has 164 valence electrons. The number of aromatic hydroxyl groups is 1. The largest absolute Gasteiger partial charge is 0.507 e. The monoisotopic (exact) mass is 445 g/mol. The first kappa shape index (κ1) is 23.2. The van der Waals surface area contributed by atoms with Gasteiger partial charge < -0.3 is 10.0 Å². The van der Waals surface area contributed by atoms with Gasteiger partial charge >= 0.3 is 0 Å². The number of unbranched alkanes of at least 4 members (excludes halogenated alkanes) is 2. The molecule has 1 aliphatic rings. The highest BCUT2D eigenvalue weighted by molar-refractivity contribution is 7.99. The molecule has 5 heteroatoms. The summed E-state index contributed by atoms with van der Waals surface area (Å²) in [4.78, 5) is 4.00. The molecule has 1 N–H and O–H groups in total. The van der Waals surface area contributed by atoms with Gasteiger partial charge in [-0.2, -0.15) is 0 Å². The van der Waals surface area contributed by atoms with E-state index >= 15 is 0 Å². The molecule has 1 atom stereocenters. The van der Waals surface area contributed by atoms with Gasteiger partial charge in [-0.3, -0.25) is 4.21 Å². The summed E-state index contributed by atoms with van der Waals surface area (Å²) in [7, 11) is -1.14. The van der Waals surface area contributed by atoms with Crippen molar-refractivity contribution in [2.24, 2.45) is 5.41 Å². The zero-order valence-electron chi connectivity index (χ0n) is 18.5. The smallest absolute Gasteiger partial charge is 0.130 e. The van der Waals surface area contributed by atoms with Crippen LogP contribution in [0, 0.1) is 5.41 Å². The van der Waals surface area contributed by atoms with Crippen molar-refractivity contribution in [1.29, 1.82) is 0 Å². The molecule has 0 saturated carbocycles. The minimum Gasteiger partial charge on any atom is -0.507 e. The van der Waals surface area contributed by atoms with Gasteiger partial charge in [0.2, 0.25) is 0 Å². The Kier molecular flexibility index (Phi) is 8.29. The molecule has 0 bridgehead atoms. The number of anilines is 2. The highest BCUT2D eigenvalue weighted by atomic mass is 32.2. The van der Waals surface area contributed by atoms with Crippen LogP contribution in [0.3, 0.4) is 0 Å². The molecule has 2 aromatic rings. The molecule has 0 saturated heterocycles. The number of hydrogen-bond donors (Lipinski definition) is 1. The Morgan fingerprint density at radius 2 is 1.73 bits per heavy atom. The number of thioether (sulfide) groups is 1. The summed E-state index contributed by atoms with van der Waals surface area (Å²) >= 11 is 1.63. The number of para-hydroxylation sites is 1. The lowest BCUT2D eigenvalue weighted by Gasteiger charge is -2.37. The molecular weight excluding hydrogens is 410 g/mol. The lowest BCUT2D eigenvalue weighted by molar-refractivity contribution is 0.272. The quantitative estimate of drug-likeness (QED) is 0.417. The molecule has 0 fully saturated rings. The van der Waals surface area contributed by atoms with Crippen LogP contribution in [-0.4, -0.2) is 27.4 Å². The van der Waals surface area contributed by atoms with Crippen LogP contribution in [-0.2, 0) is 10.8 Å². The number of hydrogen-bond acceptors (Lipinski definition) is 4. The van der Waals surface area contributed by atoms with Gasteiger partial charge in [0.05, 0.1) is 26.3 Å². The summed E-state index contributed by atoms with van der Waals surface area (Å²) in [5.41, 5.74) is 2.13. The van der Waals surface area contributed by atoms with Gasteiger partial charge in [0.15, 0.2) is 0 Å². The zero-order valence-corrected chi connectivity index (χ0v) is 20.2. The molecule has 0 radical (unpaired) electrons. The summed E-state index contributed by atoms with van der Waals surface area (Å²) in [6.07, 6.45) is 6.79. The van der Waals surface area contributed by atoms with E-state index in [0.29, 0.717) is 5.75 Å². The molecule has 2 aromatic carbocycles. The second kappa shape index (κ2) is 10.7. The van der Waals surface area contributed by atoms with Gasteiger partial charge in [0.25, 0.3) is 0 Å². The molecule has 1 unspecified atom stereocenters. The number of rotatable bonds is 9. The third kappa shape index (κ3) is 5.23. The van der Waals surface area contributed by atoms with Crippen molar-refractivity contribution >= 4 is 33.9 Å². The number of fused-ring (bicyclic) bond motifs is 1. The van der Waals surface area contributed by atoms with Crippen molar-refractivity contribution < 1.29 is 9.32 Å². The molecular formula is C25H35NO2S2. The zero-order chi connectivity index (χ0) is 21.6. The van der Waals surface area contributed by atoms with E-state index in [-0.39, 0.29) is 11.2 Å². The van der Waals surface area contributed by atoms with E-state index in [1.165, 1.54) is 0 Å². The summed E-state index contributed by atoms with van der Waals surface area (Å²) in [6, 6.07) is 14.3. The molecule has 3 nitrogen and oxygen atoms in total. The predicted octanol–water partition coefficient (Wildman–Crippen LogP) is 7.13. The fourth-order valence-electron chi connectivity index (χ4n) is 4.39. The maximum Gasteiger partial charge on any atom is 0.130 e. The van der Waals surface area contributed by atoms with Crippen molar-refractivity contribution in [3.63, 3.8) is 0 Å². The topological polar surface area (TPSA) is 40.5 Å². The number of phenolic OH excluding ortho intramolecular Hbond substituents is 1. The standard InChI is InChI=1S/C25H35NO2S2/c1-4-7-14-25(15-8-5-2)18-26(20-12-10-9-11-13-20)21-16-23(29-6-3)22(27)17-24(21)30(28)19-25/h9-13,16-17,27H,4-8,14-15,18-19H2,1-3H3. The summed E-state index contributed by atoms with van der Waals surface area (Å²) in [5.74, 6) is 1.80. The maximum atomic E-state index is 13.6. The highest BCUT2D eigenvalue weighted by Gasteiger charge is 2.39. The van der Waals surface area contributed by atoms with E-state index in [1.54, 1.807) is 17.8 Å². The third-order valence-corrected chi connectivity index (χ3v) is 8.62. The van der Waals surface area contributed by atoms with E-state index in [9.17, 15) is 9.32 Å². The Labute approximate surface area is 188 Å². The molecule has 0 aliphatic carbocycles. The van der Waals surface area contributed by atoms with Crippen molar-refractivity contribution in [2.75, 3.05) is 23.0 Å². The van der Waals surface area contributed by atoms with Crippen LogP contribution in [0.5, 0.6) is 5.75 Å². The summed E-state index contributed by atoms with van der Waals surface area (Å²) in [6.45, 7) is 7.43. The lowest BCUT2D eigenvalue weighted by Crippen LogP contribution is -2.37. The van der Waals surface area contributed by atoms with Crippen molar-refractivity contribution in [3.8, 4) is 5.75 Å². The number of benzene rings is 2. The second-order valence-electron chi connectivity index (χ2n) is 8.34. The molecule has 0 spiro atoms. The first-order valence-electron chi connectivity index (χ1n) is 11.2. The van der Waals surface area contributed by atoms with Gasteiger partial charge in [0, 0.05) is 23.4 Å². The van der Waals surface area contributed by atoms with Crippen LogP contribution in [0.2, 0.25) is 0 Å². The average Bonchev–Trinajstić information content (AvgIpc) is 2.87. The van der Waals surface area contributed by atoms with Gasteiger partial charge in [-0.05, 0) is 42.9 Å². The Morgan fingerprint density at radius 1 is 1.07 bits per heavy atom. The van der Waals surface area contributed by atoms with E-state index in [0.717, 1.165) is 72.0 Å². The molecule has 0 aromatic heterocycles. The minimum absolute atomic E-state index is 0.0133. The normalized spacial score (nSPS) is 18.1. The van der Waals surface area contributed by atoms with Crippen LogP contribution in [0.15, 0.2) is 52.3 Å². The van der Waals surface area contributed by atoms with Crippen LogP contribution in [0.1, 0.15) is 59.3 Å². The number of phenols is 1. The van der Waals surface area contributed by atoms with Crippen LogP contribution >= 0.6 is 11.8 Å². The third-order valence-electron chi connectivity index (χ3n) is 6.00. The fourth-order valence-corrected chi connectivity index (χ4v) is 6.84. The van der Waals surface area contributed by atoms with Crippen LogP contribution in [0.4, 0.5) is 11.4 Å². The molecule has 0 amide bonds. The Morgan fingerprint density at radius 3 is 2.33 bits per heavy atom. The van der Waals surface area contributed by atoms with E-state index < -0.39 is 10.8 Å². The van der Waals surface area contributed by atoms with Crippen molar-refractivity contribution in [3.05, 3.63) is 42.5 Å². The minimum atomic E-state index is -1.14. The van der Waals surface area contributed by atoms with E-state index in [4.69, 9.17) is 0 Å². The molecule has 30 heavy (non-hydrogen) atoms. The summed E-state index contributed by atoms with van der Waals surface area (Å²) < 4.78 is 13.6. The summed E-state index contributed by atoms with van der Waals surface area (Å²) in [5, 5.41) is 10.6. The van der Waals surface area contributed by atoms with Gasteiger partial charge in [-0.25, -0.2) is 0 Å². The van der Waals surface area contributed by atoms with Gasteiger partial charge in [0.1, 0.15) is 5.75 Å². The number of nitrogens with zero attached hydrogens (tertiary/aromatic N) is 1. The van der Waals surface area contributed by atoms with Crippen molar-refractivity contribution in [1.82, 2.24) is 0 Å². The average molecular weight is 446 g/mol. The lowest BCUT2D eigenvalue weighted by atomic mass is 9.79. The second-order valence-corrected chi connectivity index (χ2v) is 11.1. The maximum absolute atomic E-state index is 13.6. The Balaban J connectivity index is 2.15. The van der Waals surface area contributed by atoms with Crippen LogP contribution in [0.25, 0.3) is 0 Å². The van der Waals surface area contributed by atoms with Gasteiger partial charge in [-0.1, -0.05) is 64.7 Å². The van der Waals surface area contributed by atoms with Crippen molar-refractivity contribution in [2.45, 2.75) is 69.1 Å². The SMILES string of the molecule is CCCCC1(CCCC)CN(c2ccccc2)c2cc(SCC)c(O)cc2S(=O)C1. The molecule has 1 aliphatic heterocycles. The Hall–Kier alpha value is -1.46. The Bertz CT molecular complexity index is 846. The van der Waals surface area contributed by atoms with E-state index in [2.05, 4.69) is 56.0 Å². The molecule has 1 heterocycles. The van der Waals surface area contributed by atoms with E-state index in [1.807, 2.05) is 6.07 Å².